The Kier molecular flexibility index (Phi) is 7.21. The number of aryl methyl sites for hydroxylation is 1. The number of hydrogen-bond donors (Lipinski definition) is 1. The molecule has 2 amide bonds. The second-order valence-corrected chi connectivity index (χ2v) is 8.13. The van der Waals surface area contributed by atoms with Crippen molar-refractivity contribution in [3.8, 4) is 0 Å². The number of nitro groups is 1. The number of nitrogens with one attached hydrogen (secondary N) is 1. The average molecular weight is 453 g/mol. The van der Waals surface area contributed by atoms with Crippen LogP contribution in [0, 0.1) is 22.9 Å². The van der Waals surface area contributed by atoms with Crippen LogP contribution in [0.25, 0.3) is 0 Å². The molecule has 0 aliphatic rings. The van der Waals surface area contributed by atoms with E-state index in [1.165, 1.54) is 25.2 Å². The molecule has 32 heavy (non-hydrogen) atoms. The fourth-order valence-electron chi connectivity index (χ4n) is 2.86. The number of carbonyl (C=O) groups is 2. The molecule has 1 N–H and O–H groups in total. The fourth-order valence-corrected chi connectivity index (χ4v) is 3.81. The number of halogens is 1. The van der Waals surface area contributed by atoms with Crippen LogP contribution in [-0.2, 0) is 4.79 Å². The third kappa shape index (κ3) is 5.70. The van der Waals surface area contributed by atoms with Crippen molar-refractivity contribution in [2.75, 3.05) is 18.9 Å². The summed E-state index contributed by atoms with van der Waals surface area (Å²) in [5.74, 6) is -1.48. The molecule has 0 spiro atoms. The van der Waals surface area contributed by atoms with E-state index in [1.54, 1.807) is 30.3 Å². The summed E-state index contributed by atoms with van der Waals surface area (Å²) in [6.45, 7) is 1.66. The molecule has 0 saturated carbocycles. The van der Waals surface area contributed by atoms with E-state index < -0.39 is 22.6 Å². The minimum absolute atomic E-state index is 0.0121. The molecule has 3 rings (SSSR count). The first kappa shape index (κ1) is 23.0. The van der Waals surface area contributed by atoms with E-state index >= 15 is 0 Å². The monoisotopic (exact) mass is 453 g/mol. The van der Waals surface area contributed by atoms with E-state index in [-0.39, 0.29) is 22.7 Å². The molecule has 0 heterocycles. The maximum absolute atomic E-state index is 14.1. The lowest BCUT2D eigenvalue weighted by molar-refractivity contribution is -0.384. The number of non-ortho nitro benzene ring substituents is 1. The molecule has 0 bridgehead atoms. The number of likely N-dealkylation sites (N-methyl/N-ethyl adjacent to an activating group) is 1. The van der Waals surface area contributed by atoms with Crippen LogP contribution in [0.1, 0.15) is 15.9 Å². The molecule has 3 aromatic rings. The van der Waals surface area contributed by atoms with Gasteiger partial charge in [-0.1, -0.05) is 41.6 Å². The Morgan fingerprint density at radius 2 is 1.75 bits per heavy atom. The second kappa shape index (κ2) is 10.1. The van der Waals surface area contributed by atoms with Gasteiger partial charge in [0.05, 0.1) is 17.0 Å². The van der Waals surface area contributed by atoms with Crippen molar-refractivity contribution in [3.05, 3.63) is 93.8 Å². The molecule has 3 aromatic carbocycles. The van der Waals surface area contributed by atoms with Gasteiger partial charge in [0.1, 0.15) is 5.82 Å². The maximum atomic E-state index is 14.1. The van der Waals surface area contributed by atoms with Crippen molar-refractivity contribution in [2.45, 2.75) is 16.7 Å². The van der Waals surface area contributed by atoms with Gasteiger partial charge in [-0.05, 0) is 37.3 Å². The van der Waals surface area contributed by atoms with Gasteiger partial charge in [0, 0.05) is 34.7 Å². The Hall–Kier alpha value is -3.72. The average Bonchev–Trinajstić information content (AvgIpc) is 2.76. The van der Waals surface area contributed by atoms with E-state index in [4.69, 9.17) is 0 Å². The Balaban J connectivity index is 1.81. The lowest BCUT2D eigenvalue weighted by Crippen LogP contribution is -2.35. The Labute approximate surface area is 188 Å². The van der Waals surface area contributed by atoms with Gasteiger partial charge in [0.15, 0.2) is 0 Å². The summed E-state index contributed by atoms with van der Waals surface area (Å²) in [5, 5.41) is 13.9. The number of rotatable bonds is 7. The molecule has 7 nitrogen and oxygen atoms in total. The van der Waals surface area contributed by atoms with Crippen LogP contribution in [0.2, 0.25) is 0 Å². The smallest absolute Gasteiger partial charge is 0.270 e. The number of carbonyl (C=O) groups excluding carboxylic acids is 2. The number of nitrogens with zero attached hydrogens (tertiary/aromatic N) is 2. The zero-order valence-corrected chi connectivity index (χ0v) is 18.2. The quantitative estimate of drug-likeness (QED) is 0.406. The SMILES string of the molecule is Cc1ccc(NC(=O)CN(C)C(=O)c2cc([N+](=O)[O-])ccc2Sc2ccccc2F)cc1. The van der Waals surface area contributed by atoms with Crippen LogP contribution in [0.3, 0.4) is 0 Å². The molecule has 0 atom stereocenters. The highest BCUT2D eigenvalue weighted by molar-refractivity contribution is 7.99. The molecule has 0 aliphatic heterocycles. The van der Waals surface area contributed by atoms with Crippen molar-refractivity contribution in [2.24, 2.45) is 0 Å². The van der Waals surface area contributed by atoms with Gasteiger partial charge >= 0.3 is 0 Å². The highest BCUT2D eigenvalue weighted by Gasteiger charge is 2.22. The highest BCUT2D eigenvalue weighted by Crippen LogP contribution is 2.34. The number of amides is 2. The van der Waals surface area contributed by atoms with E-state index in [9.17, 15) is 24.1 Å². The zero-order chi connectivity index (χ0) is 23.3. The predicted octanol–water partition coefficient (Wildman–Crippen LogP) is 4.90. The van der Waals surface area contributed by atoms with Crippen molar-refractivity contribution in [3.63, 3.8) is 0 Å². The van der Waals surface area contributed by atoms with Crippen molar-refractivity contribution in [1.29, 1.82) is 0 Å². The maximum Gasteiger partial charge on any atom is 0.270 e. The Morgan fingerprint density at radius 1 is 1.06 bits per heavy atom. The van der Waals surface area contributed by atoms with E-state index in [0.29, 0.717) is 10.6 Å². The van der Waals surface area contributed by atoms with Crippen LogP contribution in [-0.4, -0.2) is 35.2 Å². The largest absolute Gasteiger partial charge is 0.332 e. The van der Waals surface area contributed by atoms with Crippen LogP contribution < -0.4 is 5.32 Å². The molecule has 0 unspecified atom stereocenters. The van der Waals surface area contributed by atoms with E-state index in [0.717, 1.165) is 28.3 Å². The van der Waals surface area contributed by atoms with Crippen molar-refractivity contribution in [1.82, 2.24) is 4.90 Å². The van der Waals surface area contributed by atoms with Gasteiger partial charge in [-0.2, -0.15) is 0 Å². The predicted molar refractivity (Wildman–Crippen MR) is 120 cm³/mol. The Bertz CT molecular complexity index is 1170. The molecule has 0 fully saturated rings. The summed E-state index contributed by atoms with van der Waals surface area (Å²) in [4.78, 5) is 37.8. The fraction of sp³-hybridized carbons (Fsp3) is 0.130. The van der Waals surface area contributed by atoms with Gasteiger partial charge in [0.25, 0.3) is 11.6 Å². The number of nitro benzene ring substituents is 1. The molecule has 0 radical (unpaired) electrons. The number of anilines is 1. The van der Waals surface area contributed by atoms with Gasteiger partial charge < -0.3 is 10.2 Å². The van der Waals surface area contributed by atoms with Crippen LogP contribution >= 0.6 is 11.8 Å². The van der Waals surface area contributed by atoms with Crippen molar-refractivity contribution >= 4 is 35.0 Å². The lowest BCUT2D eigenvalue weighted by atomic mass is 10.1. The number of hydrogen-bond acceptors (Lipinski definition) is 5. The standard InChI is InChI=1S/C23H20FN3O4S/c1-15-7-9-16(10-8-15)25-22(28)14-26(2)23(29)18-13-17(27(30)31)11-12-20(18)32-21-6-4-3-5-19(21)24/h3-13H,14H2,1-2H3,(H,25,28). The molecule has 0 aromatic heterocycles. The van der Waals surface area contributed by atoms with Crippen LogP contribution in [0.15, 0.2) is 76.5 Å². The lowest BCUT2D eigenvalue weighted by Gasteiger charge is -2.18. The van der Waals surface area contributed by atoms with E-state index in [2.05, 4.69) is 5.32 Å². The third-order valence-corrected chi connectivity index (χ3v) is 5.65. The van der Waals surface area contributed by atoms with Gasteiger partial charge in [-0.3, -0.25) is 19.7 Å². The third-order valence-electron chi connectivity index (χ3n) is 4.52. The minimum Gasteiger partial charge on any atom is -0.332 e. The number of benzene rings is 3. The molecular weight excluding hydrogens is 433 g/mol. The summed E-state index contributed by atoms with van der Waals surface area (Å²) in [7, 11) is 1.42. The van der Waals surface area contributed by atoms with Crippen LogP contribution in [0.5, 0.6) is 0 Å². The molecule has 9 heteroatoms. The van der Waals surface area contributed by atoms with Gasteiger partial charge in [-0.25, -0.2) is 4.39 Å². The second-order valence-electron chi connectivity index (χ2n) is 7.05. The first-order chi connectivity index (χ1) is 15.2. The molecular formula is C23H20FN3O4S. The normalized spacial score (nSPS) is 10.5. The highest BCUT2D eigenvalue weighted by atomic mass is 32.2. The summed E-state index contributed by atoms with van der Waals surface area (Å²) in [6.07, 6.45) is 0. The first-order valence-electron chi connectivity index (χ1n) is 9.57. The van der Waals surface area contributed by atoms with Gasteiger partial charge in [0.2, 0.25) is 5.91 Å². The summed E-state index contributed by atoms with van der Waals surface area (Å²) in [6, 6.07) is 17.0. The zero-order valence-electron chi connectivity index (χ0n) is 17.4. The first-order valence-corrected chi connectivity index (χ1v) is 10.4. The molecule has 0 saturated heterocycles. The van der Waals surface area contributed by atoms with Crippen molar-refractivity contribution < 1.29 is 18.9 Å². The Morgan fingerprint density at radius 3 is 2.41 bits per heavy atom. The minimum atomic E-state index is -0.613. The van der Waals surface area contributed by atoms with Crippen LogP contribution in [0.4, 0.5) is 15.8 Å². The molecule has 164 valence electrons. The summed E-state index contributed by atoms with van der Waals surface area (Å²) in [5.41, 5.74) is 1.37. The molecule has 0 aliphatic carbocycles. The van der Waals surface area contributed by atoms with Gasteiger partial charge in [-0.15, -0.1) is 0 Å². The van der Waals surface area contributed by atoms with E-state index in [1.807, 2.05) is 19.1 Å². The topological polar surface area (TPSA) is 92.6 Å². The summed E-state index contributed by atoms with van der Waals surface area (Å²) >= 11 is 0.984. The summed E-state index contributed by atoms with van der Waals surface area (Å²) < 4.78 is 14.1.